The molecule has 118 valence electrons. The van der Waals surface area contributed by atoms with Gasteiger partial charge in [0.25, 0.3) is 5.95 Å². The lowest BCUT2D eigenvalue weighted by Crippen LogP contribution is -2.30. The van der Waals surface area contributed by atoms with Crippen molar-refractivity contribution in [2.45, 2.75) is 13.8 Å². The number of benzene rings is 1. The summed E-state index contributed by atoms with van der Waals surface area (Å²) in [6, 6.07) is 6.91. The number of nitrogens with one attached hydrogen (secondary N) is 1. The Labute approximate surface area is 143 Å². The molecule has 2 heterocycles. The Morgan fingerprint density at radius 3 is 2.30 bits per heavy atom. The van der Waals surface area contributed by atoms with Crippen LogP contribution >= 0.6 is 23.2 Å². The number of carbonyl (C=O) groups excluding carboxylic acids is 1. The summed E-state index contributed by atoms with van der Waals surface area (Å²) in [6.07, 6.45) is 0. The van der Waals surface area contributed by atoms with Crippen LogP contribution in [0.2, 0.25) is 10.0 Å². The van der Waals surface area contributed by atoms with Crippen molar-refractivity contribution in [3.05, 3.63) is 45.7 Å². The molecule has 1 amide bonds. The van der Waals surface area contributed by atoms with Crippen LogP contribution in [0.3, 0.4) is 0 Å². The van der Waals surface area contributed by atoms with Crippen LogP contribution in [0.1, 0.15) is 11.4 Å². The first-order chi connectivity index (χ1) is 10.9. The van der Waals surface area contributed by atoms with Crippen molar-refractivity contribution < 1.29 is 4.79 Å². The van der Waals surface area contributed by atoms with Crippen LogP contribution in [0.15, 0.2) is 29.3 Å². The first kappa shape index (κ1) is 15.7. The molecule has 0 unspecified atom stereocenters. The molecule has 0 atom stereocenters. The minimum Gasteiger partial charge on any atom is -0.302 e. The van der Waals surface area contributed by atoms with E-state index in [0.29, 0.717) is 21.7 Å². The van der Waals surface area contributed by atoms with Gasteiger partial charge < -0.3 is 4.90 Å². The number of guanidine groups is 1. The van der Waals surface area contributed by atoms with Crippen molar-refractivity contribution in [2.75, 3.05) is 11.4 Å². The third kappa shape index (κ3) is 3.60. The number of carbonyl (C=O) groups is 1. The fraction of sp³-hybridized carbons (Fsp3) is 0.200. The summed E-state index contributed by atoms with van der Waals surface area (Å²) in [5.41, 5.74) is 2.28. The number of aliphatic imine (C=N–C) groups is 1. The van der Waals surface area contributed by atoms with Crippen LogP contribution in [0.4, 0.5) is 11.6 Å². The van der Waals surface area contributed by atoms with Gasteiger partial charge in [0.2, 0.25) is 11.9 Å². The van der Waals surface area contributed by atoms with E-state index >= 15 is 0 Å². The largest absolute Gasteiger partial charge is 0.302 e. The molecule has 0 saturated carbocycles. The number of anilines is 1. The summed E-state index contributed by atoms with van der Waals surface area (Å²) in [5, 5.41) is 3.66. The van der Waals surface area contributed by atoms with Crippen molar-refractivity contribution in [1.29, 1.82) is 0 Å². The molecule has 0 aliphatic carbocycles. The summed E-state index contributed by atoms with van der Waals surface area (Å²) in [4.78, 5) is 26.3. The van der Waals surface area contributed by atoms with Crippen molar-refractivity contribution in [2.24, 2.45) is 4.99 Å². The van der Waals surface area contributed by atoms with E-state index in [1.54, 1.807) is 23.1 Å². The standard InChI is InChI=1S/C15H13Cl2N5O/c1-8-3-9(2)19-14(18-8)21-15-20-13(23)7-22(15)12-5-10(16)4-11(17)6-12/h3-6H,7H2,1-2H3,(H,18,19,20,21,23). The van der Waals surface area contributed by atoms with Crippen LogP contribution in [0.25, 0.3) is 0 Å². The van der Waals surface area contributed by atoms with Crippen LogP contribution in [-0.2, 0) is 4.79 Å². The Kier molecular flexibility index (Phi) is 4.19. The lowest BCUT2D eigenvalue weighted by Gasteiger charge is -2.17. The van der Waals surface area contributed by atoms with Gasteiger partial charge in [-0.1, -0.05) is 23.2 Å². The number of halogens is 2. The zero-order chi connectivity index (χ0) is 16.6. The summed E-state index contributed by atoms with van der Waals surface area (Å²) in [6.45, 7) is 3.85. The Hall–Kier alpha value is -2.18. The van der Waals surface area contributed by atoms with Gasteiger partial charge in [0.1, 0.15) is 6.54 Å². The van der Waals surface area contributed by atoms with Gasteiger partial charge in [0.15, 0.2) is 0 Å². The second kappa shape index (κ2) is 6.14. The molecular formula is C15H13Cl2N5O. The predicted molar refractivity (Wildman–Crippen MR) is 90.6 cm³/mol. The first-order valence-electron chi connectivity index (χ1n) is 6.85. The lowest BCUT2D eigenvalue weighted by molar-refractivity contribution is -0.117. The molecule has 6 nitrogen and oxygen atoms in total. The van der Waals surface area contributed by atoms with Crippen molar-refractivity contribution in [3.63, 3.8) is 0 Å². The maximum absolute atomic E-state index is 11.8. The Balaban J connectivity index is 2.02. The number of aryl methyl sites for hydroxylation is 2. The van der Waals surface area contributed by atoms with Gasteiger partial charge >= 0.3 is 0 Å². The minimum atomic E-state index is -0.177. The first-order valence-corrected chi connectivity index (χ1v) is 7.61. The van der Waals surface area contributed by atoms with E-state index in [1.807, 2.05) is 19.9 Å². The molecule has 1 aromatic carbocycles. The SMILES string of the molecule is Cc1cc(C)nc(/N=C2\NC(=O)CN2c2cc(Cl)cc(Cl)c2)n1. The van der Waals surface area contributed by atoms with E-state index in [2.05, 4.69) is 20.3 Å². The van der Waals surface area contributed by atoms with E-state index < -0.39 is 0 Å². The topological polar surface area (TPSA) is 70.5 Å². The van der Waals surface area contributed by atoms with Gasteiger partial charge in [-0.15, -0.1) is 0 Å². The highest BCUT2D eigenvalue weighted by Gasteiger charge is 2.27. The summed E-state index contributed by atoms with van der Waals surface area (Å²) in [7, 11) is 0. The predicted octanol–water partition coefficient (Wildman–Crippen LogP) is 3.02. The Morgan fingerprint density at radius 2 is 1.70 bits per heavy atom. The third-order valence-electron chi connectivity index (χ3n) is 3.14. The summed E-state index contributed by atoms with van der Waals surface area (Å²) < 4.78 is 0. The molecule has 2 aromatic rings. The van der Waals surface area contributed by atoms with Crippen LogP contribution in [-0.4, -0.2) is 28.4 Å². The summed E-state index contributed by atoms with van der Waals surface area (Å²) >= 11 is 12.1. The van der Waals surface area contributed by atoms with Crippen LogP contribution in [0, 0.1) is 13.8 Å². The normalized spacial score (nSPS) is 16.1. The average molecular weight is 350 g/mol. The highest BCUT2D eigenvalue weighted by Crippen LogP contribution is 2.27. The maximum atomic E-state index is 11.8. The zero-order valence-electron chi connectivity index (χ0n) is 12.5. The maximum Gasteiger partial charge on any atom is 0.253 e. The van der Waals surface area contributed by atoms with Gasteiger partial charge in [-0.3, -0.25) is 10.1 Å². The molecule has 1 saturated heterocycles. The van der Waals surface area contributed by atoms with E-state index in [4.69, 9.17) is 23.2 Å². The number of amides is 1. The molecule has 8 heteroatoms. The summed E-state index contributed by atoms with van der Waals surface area (Å²) in [5.74, 6) is 0.459. The van der Waals surface area contributed by atoms with Gasteiger partial charge in [-0.25, -0.2) is 9.97 Å². The third-order valence-corrected chi connectivity index (χ3v) is 3.58. The van der Waals surface area contributed by atoms with Gasteiger partial charge in [0, 0.05) is 27.1 Å². The number of rotatable bonds is 2. The second-order valence-electron chi connectivity index (χ2n) is 5.15. The minimum absolute atomic E-state index is 0.125. The monoisotopic (exact) mass is 349 g/mol. The molecule has 1 N–H and O–H groups in total. The molecular weight excluding hydrogens is 337 g/mol. The highest BCUT2D eigenvalue weighted by atomic mass is 35.5. The second-order valence-corrected chi connectivity index (χ2v) is 6.02. The number of nitrogens with zero attached hydrogens (tertiary/aromatic N) is 4. The molecule has 1 aromatic heterocycles. The van der Waals surface area contributed by atoms with E-state index in [1.165, 1.54) is 0 Å². The Bertz CT molecular complexity index is 781. The van der Waals surface area contributed by atoms with Crippen molar-refractivity contribution in [1.82, 2.24) is 15.3 Å². The quantitative estimate of drug-likeness (QED) is 0.904. The fourth-order valence-corrected chi connectivity index (χ4v) is 2.81. The molecule has 1 fully saturated rings. The van der Waals surface area contributed by atoms with E-state index in [9.17, 15) is 4.79 Å². The van der Waals surface area contributed by atoms with E-state index in [-0.39, 0.29) is 18.4 Å². The van der Waals surface area contributed by atoms with Crippen molar-refractivity contribution >= 4 is 46.7 Å². The molecule has 0 bridgehead atoms. The highest BCUT2D eigenvalue weighted by molar-refractivity contribution is 6.35. The van der Waals surface area contributed by atoms with E-state index in [0.717, 1.165) is 11.4 Å². The fourth-order valence-electron chi connectivity index (χ4n) is 2.30. The Morgan fingerprint density at radius 1 is 1.09 bits per heavy atom. The molecule has 1 aliphatic heterocycles. The van der Waals surface area contributed by atoms with Gasteiger partial charge in [0.05, 0.1) is 0 Å². The zero-order valence-corrected chi connectivity index (χ0v) is 14.0. The number of aromatic nitrogens is 2. The molecule has 3 rings (SSSR count). The lowest BCUT2D eigenvalue weighted by atomic mass is 10.3. The van der Waals surface area contributed by atoms with Crippen molar-refractivity contribution in [3.8, 4) is 0 Å². The smallest absolute Gasteiger partial charge is 0.253 e. The average Bonchev–Trinajstić information content (AvgIpc) is 2.77. The number of hydrogen-bond donors (Lipinski definition) is 1. The van der Waals surface area contributed by atoms with Crippen LogP contribution in [0.5, 0.6) is 0 Å². The number of hydrogen-bond acceptors (Lipinski definition) is 4. The molecule has 23 heavy (non-hydrogen) atoms. The molecule has 0 spiro atoms. The molecule has 0 radical (unpaired) electrons. The van der Waals surface area contributed by atoms with Crippen LogP contribution < -0.4 is 10.2 Å². The molecule has 1 aliphatic rings. The van der Waals surface area contributed by atoms with Gasteiger partial charge in [-0.2, -0.15) is 4.99 Å². The van der Waals surface area contributed by atoms with Gasteiger partial charge in [-0.05, 0) is 38.1 Å².